The Bertz CT molecular complexity index is 341. The van der Waals surface area contributed by atoms with Crippen molar-refractivity contribution in [3.8, 4) is 0 Å². The predicted molar refractivity (Wildman–Crippen MR) is 68.3 cm³/mol. The number of nitrogens with one attached hydrogen (secondary N) is 1. The molecule has 0 spiro atoms. The fourth-order valence-electron chi connectivity index (χ4n) is 1.53. The molecule has 0 radical (unpaired) electrons. The Morgan fingerprint density at radius 1 is 1.50 bits per heavy atom. The SMILES string of the molecule is CCN(Cc1nc(NN)ccc1Cl)C(C)C. The van der Waals surface area contributed by atoms with Gasteiger partial charge in [0.05, 0.1) is 10.7 Å². The summed E-state index contributed by atoms with van der Waals surface area (Å²) in [6.07, 6.45) is 0. The molecule has 0 bridgehead atoms. The molecular formula is C11H19ClN4. The molecule has 0 aliphatic rings. The van der Waals surface area contributed by atoms with Crippen molar-refractivity contribution in [1.82, 2.24) is 9.88 Å². The van der Waals surface area contributed by atoms with Gasteiger partial charge in [0.2, 0.25) is 0 Å². The minimum absolute atomic E-state index is 0.470. The molecule has 1 rings (SSSR count). The number of halogens is 1. The molecule has 0 aromatic carbocycles. The quantitative estimate of drug-likeness (QED) is 0.614. The number of hydrogen-bond acceptors (Lipinski definition) is 4. The van der Waals surface area contributed by atoms with E-state index >= 15 is 0 Å². The normalized spacial score (nSPS) is 11.2. The van der Waals surface area contributed by atoms with E-state index in [1.807, 2.05) is 6.07 Å². The molecule has 90 valence electrons. The fourth-order valence-corrected chi connectivity index (χ4v) is 1.69. The van der Waals surface area contributed by atoms with E-state index in [1.54, 1.807) is 6.07 Å². The third-order valence-electron chi connectivity index (χ3n) is 2.56. The van der Waals surface area contributed by atoms with Gasteiger partial charge in [-0.2, -0.15) is 0 Å². The van der Waals surface area contributed by atoms with Gasteiger partial charge < -0.3 is 5.43 Å². The molecule has 4 nitrogen and oxygen atoms in total. The smallest absolute Gasteiger partial charge is 0.140 e. The Hall–Kier alpha value is -0.840. The van der Waals surface area contributed by atoms with E-state index in [9.17, 15) is 0 Å². The summed E-state index contributed by atoms with van der Waals surface area (Å²) in [4.78, 5) is 6.64. The molecule has 0 aliphatic carbocycles. The van der Waals surface area contributed by atoms with Crippen LogP contribution in [0.3, 0.4) is 0 Å². The number of pyridine rings is 1. The fraction of sp³-hybridized carbons (Fsp3) is 0.545. The topological polar surface area (TPSA) is 54.2 Å². The van der Waals surface area contributed by atoms with Crippen LogP contribution in [0, 0.1) is 0 Å². The highest BCUT2D eigenvalue weighted by atomic mass is 35.5. The average Bonchev–Trinajstić information content (AvgIpc) is 2.27. The van der Waals surface area contributed by atoms with Crippen molar-refractivity contribution in [3.63, 3.8) is 0 Å². The van der Waals surface area contributed by atoms with Crippen molar-refractivity contribution in [2.24, 2.45) is 5.84 Å². The van der Waals surface area contributed by atoms with Crippen LogP contribution in [-0.4, -0.2) is 22.5 Å². The number of rotatable bonds is 5. The highest BCUT2D eigenvalue weighted by molar-refractivity contribution is 6.31. The minimum Gasteiger partial charge on any atom is -0.308 e. The molecule has 0 amide bonds. The van der Waals surface area contributed by atoms with Crippen LogP contribution in [0.25, 0.3) is 0 Å². The van der Waals surface area contributed by atoms with E-state index in [0.29, 0.717) is 16.9 Å². The summed E-state index contributed by atoms with van der Waals surface area (Å²) in [5.41, 5.74) is 3.38. The van der Waals surface area contributed by atoms with Gasteiger partial charge in [-0.25, -0.2) is 10.8 Å². The molecule has 1 aromatic rings. The second kappa shape index (κ2) is 6.03. The first-order chi connectivity index (χ1) is 7.58. The summed E-state index contributed by atoms with van der Waals surface area (Å²) in [5.74, 6) is 5.96. The largest absolute Gasteiger partial charge is 0.308 e. The molecule has 16 heavy (non-hydrogen) atoms. The van der Waals surface area contributed by atoms with Crippen LogP contribution in [0.1, 0.15) is 26.5 Å². The highest BCUT2D eigenvalue weighted by Gasteiger charge is 2.11. The van der Waals surface area contributed by atoms with Crippen molar-refractivity contribution in [1.29, 1.82) is 0 Å². The summed E-state index contributed by atoms with van der Waals surface area (Å²) in [5, 5.41) is 0.679. The lowest BCUT2D eigenvalue weighted by molar-refractivity contribution is 0.222. The maximum atomic E-state index is 6.10. The summed E-state index contributed by atoms with van der Waals surface area (Å²) < 4.78 is 0. The van der Waals surface area contributed by atoms with Gasteiger partial charge in [0.25, 0.3) is 0 Å². The van der Waals surface area contributed by atoms with Gasteiger partial charge in [-0.1, -0.05) is 18.5 Å². The van der Waals surface area contributed by atoms with E-state index in [-0.39, 0.29) is 0 Å². The number of aromatic nitrogens is 1. The Kier molecular flexibility index (Phi) is 4.99. The zero-order valence-electron chi connectivity index (χ0n) is 10.00. The van der Waals surface area contributed by atoms with E-state index in [0.717, 1.165) is 18.8 Å². The highest BCUT2D eigenvalue weighted by Crippen LogP contribution is 2.18. The van der Waals surface area contributed by atoms with Crippen LogP contribution < -0.4 is 11.3 Å². The number of nitrogen functional groups attached to an aromatic ring is 1. The van der Waals surface area contributed by atoms with E-state index in [1.165, 1.54) is 0 Å². The van der Waals surface area contributed by atoms with E-state index in [2.05, 4.69) is 36.1 Å². The molecule has 5 heteroatoms. The van der Waals surface area contributed by atoms with E-state index < -0.39 is 0 Å². The lowest BCUT2D eigenvalue weighted by Gasteiger charge is -2.24. The van der Waals surface area contributed by atoms with Gasteiger partial charge in [0.1, 0.15) is 5.82 Å². The third kappa shape index (κ3) is 3.33. The number of nitrogens with two attached hydrogens (primary N) is 1. The molecule has 0 aliphatic heterocycles. The summed E-state index contributed by atoms with van der Waals surface area (Å²) in [6, 6.07) is 4.04. The third-order valence-corrected chi connectivity index (χ3v) is 2.90. The average molecular weight is 243 g/mol. The monoisotopic (exact) mass is 242 g/mol. The second-order valence-corrected chi connectivity index (χ2v) is 4.33. The first kappa shape index (κ1) is 13.2. The van der Waals surface area contributed by atoms with Crippen LogP contribution in [0.5, 0.6) is 0 Å². The van der Waals surface area contributed by atoms with Gasteiger partial charge in [-0.3, -0.25) is 4.90 Å². The van der Waals surface area contributed by atoms with Crippen molar-refractivity contribution < 1.29 is 0 Å². The van der Waals surface area contributed by atoms with Crippen molar-refractivity contribution in [2.75, 3.05) is 12.0 Å². The predicted octanol–water partition coefficient (Wildman–Crippen LogP) is 2.25. The van der Waals surface area contributed by atoms with Crippen LogP contribution in [-0.2, 0) is 6.54 Å². The summed E-state index contributed by atoms with van der Waals surface area (Å²) in [7, 11) is 0. The molecule has 0 saturated carbocycles. The maximum Gasteiger partial charge on any atom is 0.140 e. The Balaban J connectivity index is 2.86. The van der Waals surface area contributed by atoms with Gasteiger partial charge in [0.15, 0.2) is 0 Å². The standard InChI is InChI=1S/C11H19ClN4/c1-4-16(8(2)3)7-10-9(12)5-6-11(14-10)15-13/h5-6,8H,4,7,13H2,1-3H3,(H,14,15). The zero-order chi connectivity index (χ0) is 12.1. The Labute approximate surface area is 102 Å². The number of nitrogens with zero attached hydrogens (tertiary/aromatic N) is 2. The first-order valence-electron chi connectivity index (χ1n) is 5.44. The lowest BCUT2D eigenvalue weighted by Crippen LogP contribution is -2.30. The number of anilines is 1. The lowest BCUT2D eigenvalue weighted by atomic mass is 10.2. The van der Waals surface area contributed by atoms with Gasteiger partial charge in [0, 0.05) is 12.6 Å². The van der Waals surface area contributed by atoms with Crippen LogP contribution >= 0.6 is 11.6 Å². The first-order valence-corrected chi connectivity index (χ1v) is 5.82. The maximum absolute atomic E-state index is 6.10. The second-order valence-electron chi connectivity index (χ2n) is 3.93. The van der Waals surface area contributed by atoms with Crippen molar-refractivity contribution >= 4 is 17.4 Å². The van der Waals surface area contributed by atoms with Gasteiger partial charge in [-0.15, -0.1) is 0 Å². The van der Waals surface area contributed by atoms with Gasteiger partial charge in [-0.05, 0) is 32.5 Å². The van der Waals surface area contributed by atoms with Crippen LogP contribution in [0.2, 0.25) is 5.02 Å². The minimum atomic E-state index is 0.470. The Morgan fingerprint density at radius 2 is 2.19 bits per heavy atom. The van der Waals surface area contributed by atoms with Crippen molar-refractivity contribution in [2.45, 2.75) is 33.4 Å². The summed E-state index contributed by atoms with van der Waals surface area (Å²) >= 11 is 6.10. The molecular weight excluding hydrogens is 224 g/mol. The van der Waals surface area contributed by atoms with Crippen LogP contribution in [0.4, 0.5) is 5.82 Å². The number of hydrazine groups is 1. The van der Waals surface area contributed by atoms with Crippen molar-refractivity contribution in [3.05, 3.63) is 22.8 Å². The van der Waals surface area contributed by atoms with Gasteiger partial charge >= 0.3 is 0 Å². The molecule has 0 saturated heterocycles. The Morgan fingerprint density at radius 3 is 2.69 bits per heavy atom. The molecule has 3 N–H and O–H groups in total. The van der Waals surface area contributed by atoms with E-state index in [4.69, 9.17) is 17.4 Å². The molecule has 0 fully saturated rings. The number of hydrogen-bond donors (Lipinski definition) is 2. The molecule has 1 heterocycles. The molecule has 0 unspecified atom stereocenters. The molecule has 1 aromatic heterocycles. The van der Waals surface area contributed by atoms with Crippen LogP contribution in [0.15, 0.2) is 12.1 Å². The molecule has 0 atom stereocenters. The zero-order valence-corrected chi connectivity index (χ0v) is 10.8. The summed E-state index contributed by atoms with van der Waals surface area (Å²) in [6.45, 7) is 8.14.